The highest BCUT2D eigenvalue weighted by Crippen LogP contribution is 2.26. The van der Waals surface area contributed by atoms with Crippen LogP contribution >= 0.6 is 11.6 Å². The van der Waals surface area contributed by atoms with Crippen molar-refractivity contribution in [1.82, 2.24) is 5.32 Å². The topological polar surface area (TPSA) is 21.3 Å². The van der Waals surface area contributed by atoms with Crippen LogP contribution in [0.5, 0.6) is 5.75 Å². The molecule has 0 radical (unpaired) electrons. The van der Waals surface area contributed by atoms with E-state index in [9.17, 15) is 0 Å². The van der Waals surface area contributed by atoms with Gasteiger partial charge in [0.25, 0.3) is 0 Å². The minimum absolute atomic E-state index is 0.802. The fourth-order valence-electron chi connectivity index (χ4n) is 2.07. The Kier molecular flexibility index (Phi) is 5.45. The first-order valence-electron chi connectivity index (χ1n) is 6.88. The zero-order chi connectivity index (χ0) is 14.4. The molecule has 0 aromatic heterocycles. The van der Waals surface area contributed by atoms with E-state index in [-0.39, 0.29) is 0 Å². The summed E-state index contributed by atoms with van der Waals surface area (Å²) in [5.74, 6) is 0.868. The summed E-state index contributed by atoms with van der Waals surface area (Å²) in [4.78, 5) is 0. The molecule has 0 saturated heterocycles. The third-order valence-corrected chi connectivity index (χ3v) is 3.58. The Balaban J connectivity index is 2.20. The van der Waals surface area contributed by atoms with Crippen molar-refractivity contribution in [2.45, 2.75) is 19.9 Å². The van der Waals surface area contributed by atoms with Crippen LogP contribution in [-0.4, -0.2) is 13.7 Å². The van der Waals surface area contributed by atoms with Gasteiger partial charge in [-0.3, -0.25) is 0 Å². The molecule has 0 aliphatic carbocycles. The number of hydrogen-bond acceptors (Lipinski definition) is 2. The SMILES string of the molecule is CCCNCc1cc(-c2ccc(OC)cc2)ccc1Cl. The van der Waals surface area contributed by atoms with E-state index < -0.39 is 0 Å². The molecule has 0 fully saturated rings. The van der Waals surface area contributed by atoms with Crippen LogP contribution < -0.4 is 10.1 Å². The van der Waals surface area contributed by atoms with E-state index >= 15 is 0 Å². The lowest BCUT2D eigenvalue weighted by atomic mass is 10.0. The standard InChI is InChI=1S/C17H20ClNO/c1-3-10-19-12-15-11-14(6-9-17(15)18)13-4-7-16(20-2)8-5-13/h4-9,11,19H,3,10,12H2,1-2H3. The normalized spacial score (nSPS) is 10.6. The number of rotatable bonds is 6. The fourth-order valence-corrected chi connectivity index (χ4v) is 2.26. The summed E-state index contributed by atoms with van der Waals surface area (Å²) >= 11 is 6.25. The van der Waals surface area contributed by atoms with E-state index in [2.05, 4.69) is 30.4 Å². The van der Waals surface area contributed by atoms with E-state index in [0.717, 1.165) is 35.8 Å². The van der Waals surface area contributed by atoms with Gasteiger partial charge in [0.2, 0.25) is 0 Å². The molecule has 2 aromatic rings. The first kappa shape index (κ1) is 14.9. The Morgan fingerprint density at radius 1 is 1.05 bits per heavy atom. The van der Waals surface area contributed by atoms with Crippen LogP contribution in [-0.2, 0) is 6.54 Å². The number of ether oxygens (including phenoxy) is 1. The number of halogens is 1. The summed E-state index contributed by atoms with van der Waals surface area (Å²) in [6.45, 7) is 3.96. The van der Waals surface area contributed by atoms with Gasteiger partial charge in [-0.1, -0.05) is 36.7 Å². The lowest BCUT2D eigenvalue weighted by Gasteiger charge is -2.09. The van der Waals surface area contributed by atoms with Gasteiger partial charge in [-0.25, -0.2) is 0 Å². The average Bonchev–Trinajstić information content (AvgIpc) is 2.49. The third-order valence-electron chi connectivity index (χ3n) is 3.21. The quantitative estimate of drug-likeness (QED) is 0.790. The first-order valence-corrected chi connectivity index (χ1v) is 7.26. The van der Waals surface area contributed by atoms with Crippen LogP contribution in [0, 0.1) is 0 Å². The number of benzene rings is 2. The van der Waals surface area contributed by atoms with Gasteiger partial charge in [0.1, 0.15) is 5.75 Å². The molecule has 0 spiro atoms. The summed E-state index contributed by atoms with van der Waals surface area (Å²) in [6, 6.07) is 14.2. The highest BCUT2D eigenvalue weighted by atomic mass is 35.5. The van der Waals surface area contributed by atoms with Crippen LogP contribution in [0.2, 0.25) is 5.02 Å². The smallest absolute Gasteiger partial charge is 0.118 e. The van der Waals surface area contributed by atoms with Crippen molar-refractivity contribution in [3.05, 3.63) is 53.1 Å². The first-order chi connectivity index (χ1) is 9.74. The predicted molar refractivity (Wildman–Crippen MR) is 85.4 cm³/mol. The monoisotopic (exact) mass is 289 g/mol. The highest BCUT2D eigenvalue weighted by molar-refractivity contribution is 6.31. The van der Waals surface area contributed by atoms with E-state index in [1.807, 2.05) is 24.3 Å². The molecular weight excluding hydrogens is 270 g/mol. The molecule has 0 saturated carbocycles. The van der Waals surface area contributed by atoms with Crippen LogP contribution in [0.15, 0.2) is 42.5 Å². The molecule has 2 aromatic carbocycles. The summed E-state index contributed by atoms with van der Waals surface area (Å²) in [6.07, 6.45) is 1.12. The highest BCUT2D eigenvalue weighted by Gasteiger charge is 2.04. The second kappa shape index (κ2) is 7.32. The van der Waals surface area contributed by atoms with E-state index in [1.54, 1.807) is 7.11 Å². The van der Waals surface area contributed by atoms with Gasteiger partial charge in [0.15, 0.2) is 0 Å². The lowest BCUT2D eigenvalue weighted by Crippen LogP contribution is -2.14. The van der Waals surface area contributed by atoms with Gasteiger partial charge in [-0.2, -0.15) is 0 Å². The molecule has 1 N–H and O–H groups in total. The Labute approximate surface area is 125 Å². The molecule has 2 rings (SSSR count). The molecule has 0 heterocycles. The van der Waals surface area contributed by atoms with Crippen molar-refractivity contribution in [1.29, 1.82) is 0 Å². The fraction of sp³-hybridized carbons (Fsp3) is 0.294. The molecule has 0 atom stereocenters. The van der Waals surface area contributed by atoms with Crippen molar-refractivity contribution >= 4 is 11.6 Å². The number of hydrogen-bond donors (Lipinski definition) is 1. The van der Waals surface area contributed by atoms with Gasteiger partial charge in [0.05, 0.1) is 7.11 Å². The molecule has 0 amide bonds. The van der Waals surface area contributed by atoms with Gasteiger partial charge in [0, 0.05) is 11.6 Å². The summed E-state index contributed by atoms with van der Waals surface area (Å²) in [7, 11) is 1.68. The number of nitrogens with one attached hydrogen (secondary N) is 1. The van der Waals surface area contributed by atoms with E-state index in [0.29, 0.717) is 0 Å². The van der Waals surface area contributed by atoms with Crippen LogP contribution in [0.25, 0.3) is 11.1 Å². The van der Waals surface area contributed by atoms with Crippen molar-refractivity contribution in [2.75, 3.05) is 13.7 Å². The molecule has 2 nitrogen and oxygen atoms in total. The Hall–Kier alpha value is -1.51. The largest absolute Gasteiger partial charge is 0.497 e. The maximum atomic E-state index is 6.25. The molecule has 106 valence electrons. The van der Waals surface area contributed by atoms with Gasteiger partial charge in [-0.15, -0.1) is 0 Å². The maximum absolute atomic E-state index is 6.25. The third kappa shape index (κ3) is 3.75. The zero-order valence-electron chi connectivity index (χ0n) is 11.9. The average molecular weight is 290 g/mol. The van der Waals surface area contributed by atoms with Crippen molar-refractivity contribution in [2.24, 2.45) is 0 Å². The molecule has 0 bridgehead atoms. The van der Waals surface area contributed by atoms with Crippen LogP contribution in [0.1, 0.15) is 18.9 Å². The minimum Gasteiger partial charge on any atom is -0.497 e. The lowest BCUT2D eigenvalue weighted by molar-refractivity contribution is 0.415. The zero-order valence-corrected chi connectivity index (χ0v) is 12.7. The van der Waals surface area contributed by atoms with Gasteiger partial charge >= 0.3 is 0 Å². The van der Waals surface area contributed by atoms with Crippen LogP contribution in [0.4, 0.5) is 0 Å². The Morgan fingerprint density at radius 3 is 2.40 bits per heavy atom. The summed E-state index contributed by atoms with van der Waals surface area (Å²) < 4.78 is 5.18. The van der Waals surface area contributed by atoms with E-state index in [1.165, 1.54) is 11.1 Å². The number of methoxy groups -OCH3 is 1. The Bertz CT molecular complexity index is 551. The summed E-state index contributed by atoms with van der Waals surface area (Å²) in [5, 5.41) is 4.20. The second-order valence-corrected chi connectivity index (χ2v) is 5.12. The van der Waals surface area contributed by atoms with Crippen LogP contribution in [0.3, 0.4) is 0 Å². The summed E-state index contributed by atoms with van der Waals surface area (Å²) in [5.41, 5.74) is 3.47. The Morgan fingerprint density at radius 2 is 1.75 bits per heavy atom. The van der Waals surface area contributed by atoms with Gasteiger partial charge in [-0.05, 0) is 53.9 Å². The molecule has 0 aliphatic rings. The molecular formula is C17H20ClNO. The van der Waals surface area contributed by atoms with Crippen molar-refractivity contribution < 1.29 is 4.74 Å². The predicted octanol–water partition coefficient (Wildman–Crippen LogP) is 4.52. The maximum Gasteiger partial charge on any atom is 0.118 e. The second-order valence-electron chi connectivity index (χ2n) is 4.71. The molecule has 0 unspecified atom stereocenters. The molecule has 0 aliphatic heterocycles. The minimum atomic E-state index is 0.802. The van der Waals surface area contributed by atoms with E-state index in [4.69, 9.17) is 16.3 Å². The van der Waals surface area contributed by atoms with Gasteiger partial charge < -0.3 is 10.1 Å². The molecule has 20 heavy (non-hydrogen) atoms. The molecule has 3 heteroatoms. The van der Waals surface area contributed by atoms with Crippen molar-refractivity contribution in [3.63, 3.8) is 0 Å². The van der Waals surface area contributed by atoms with Crippen molar-refractivity contribution in [3.8, 4) is 16.9 Å².